The van der Waals surface area contributed by atoms with Crippen molar-refractivity contribution in [3.63, 3.8) is 0 Å². The third-order valence-electron chi connectivity index (χ3n) is 4.07. The van der Waals surface area contributed by atoms with Crippen molar-refractivity contribution in [2.45, 2.75) is 70.1 Å². The van der Waals surface area contributed by atoms with Gasteiger partial charge in [-0.3, -0.25) is 0 Å². The topological polar surface area (TPSA) is 97.4 Å². The number of ether oxygens (including phenoxy) is 5. The molecule has 0 spiro atoms. The molecule has 1 fully saturated rings. The van der Waals surface area contributed by atoms with Gasteiger partial charge in [-0.25, -0.2) is 0 Å². The van der Waals surface area contributed by atoms with Gasteiger partial charge >= 0.3 is 182 Å². The van der Waals surface area contributed by atoms with Crippen molar-refractivity contribution < 1.29 is 38.1 Å². The molecule has 8 nitrogen and oxygen atoms in total. The van der Waals surface area contributed by atoms with Crippen LogP contribution in [0, 0.1) is 0 Å². The van der Waals surface area contributed by atoms with E-state index in [9.17, 15) is 14.4 Å². The molecule has 0 bridgehead atoms. The van der Waals surface area contributed by atoms with Crippen molar-refractivity contribution in [3.05, 3.63) is 30.3 Å². The van der Waals surface area contributed by atoms with Crippen LogP contribution in [0.5, 0.6) is 0 Å². The summed E-state index contributed by atoms with van der Waals surface area (Å²) in [4.78, 5) is 34.7. The standard InChI is InChI=1S/C21H28O8Se/c1-12(2)26-21-20(30-16-9-7-6-8-10-16)19(28-15(5)24)18(27-14(4)23)17(29-21)11-25-13(3)22/h6-10,12,17-21H,11H2,1-5H3/t17-,18+,19+,20+,21+/m1/s1. The van der Waals surface area contributed by atoms with E-state index in [1.807, 2.05) is 44.2 Å². The van der Waals surface area contributed by atoms with Crippen LogP contribution in [0.4, 0.5) is 0 Å². The van der Waals surface area contributed by atoms with Gasteiger partial charge in [0, 0.05) is 0 Å². The summed E-state index contributed by atoms with van der Waals surface area (Å²) in [5.74, 6) is -1.56. The number of esters is 3. The third kappa shape index (κ3) is 7.40. The minimum atomic E-state index is -0.937. The molecule has 0 amide bonds. The molecule has 5 atom stereocenters. The Bertz CT molecular complexity index is 723. The molecule has 0 saturated carbocycles. The van der Waals surface area contributed by atoms with E-state index in [0.717, 1.165) is 4.46 Å². The Hall–Kier alpha value is -1.93. The summed E-state index contributed by atoms with van der Waals surface area (Å²) in [7, 11) is 0. The maximum absolute atomic E-state index is 11.9. The molecule has 1 aliphatic heterocycles. The Morgan fingerprint density at radius 2 is 1.57 bits per heavy atom. The number of rotatable bonds is 8. The van der Waals surface area contributed by atoms with Gasteiger partial charge < -0.3 is 0 Å². The second kappa shape index (κ2) is 11.5. The summed E-state index contributed by atoms with van der Waals surface area (Å²) in [6.07, 6.45) is -3.49. The molecule has 9 heteroatoms. The molecule has 0 aromatic heterocycles. The predicted octanol–water partition coefficient (Wildman–Crippen LogP) is 1.38. The van der Waals surface area contributed by atoms with E-state index >= 15 is 0 Å². The zero-order valence-corrected chi connectivity index (χ0v) is 19.4. The van der Waals surface area contributed by atoms with Gasteiger partial charge in [-0.05, 0) is 0 Å². The van der Waals surface area contributed by atoms with E-state index in [-0.39, 0.29) is 32.5 Å². The van der Waals surface area contributed by atoms with E-state index in [2.05, 4.69) is 0 Å². The van der Waals surface area contributed by atoms with Crippen molar-refractivity contribution in [1.29, 1.82) is 0 Å². The molecule has 0 aliphatic carbocycles. The van der Waals surface area contributed by atoms with Gasteiger partial charge in [0.05, 0.1) is 0 Å². The van der Waals surface area contributed by atoms with E-state index in [4.69, 9.17) is 23.7 Å². The maximum atomic E-state index is 11.9. The average molecular weight is 487 g/mol. The molecule has 1 heterocycles. The normalized spacial score (nSPS) is 26.1. The Morgan fingerprint density at radius 1 is 0.967 bits per heavy atom. The fraction of sp³-hybridized carbons (Fsp3) is 0.571. The average Bonchev–Trinajstić information content (AvgIpc) is 2.64. The molecule has 2 rings (SSSR count). The number of carbonyl (C=O) groups excluding carboxylic acids is 3. The first-order valence-electron chi connectivity index (χ1n) is 9.67. The summed E-state index contributed by atoms with van der Waals surface area (Å²) in [6.45, 7) is 7.42. The van der Waals surface area contributed by atoms with Crippen LogP contribution in [0.15, 0.2) is 30.3 Å². The molecule has 0 N–H and O–H groups in total. The van der Waals surface area contributed by atoms with Crippen LogP contribution in [0.2, 0.25) is 4.82 Å². The molecular formula is C21H28O8Se. The molecule has 1 aromatic carbocycles. The fourth-order valence-electron chi connectivity index (χ4n) is 3.03. The van der Waals surface area contributed by atoms with Crippen LogP contribution < -0.4 is 4.46 Å². The minimum absolute atomic E-state index is 0.159. The molecule has 166 valence electrons. The van der Waals surface area contributed by atoms with E-state index in [1.165, 1.54) is 20.8 Å². The van der Waals surface area contributed by atoms with E-state index < -0.39 is 42.5 Å². The zero-order chi connectivity index (χ0) is 22.3. The second-order valence-electron chi connectivity index (χ2n) is 7.07. The monoisotopic (exact) mass is 488 g/mol. The summed E-state index contributed by atoms with van der Waals surface area (Å²) < 4.78 is 29.4. The molecule has 0 radical (unpaired) electrons. The first-order chi connectivity index (χ1) is 14.2. The van der Waals surface area contributed by atoms with Gasteiger partial charge in [-0.15, -0.1) is 0 Å². The molecule has 1 saturated heterocycles. The summed E-state index contributed by atoms with van der Waals surface area (Å²) in [6, 6.07) is 9.71. The van der Waals surface area contributed by atoms with Crippen molar-refractivity contribution in [2.75, 3.05) is 6.61 Å². The van der Waals surface area contributed by atoms with Crippen molar-refractivity contribution in [1.82, 2.24) is 0 Å². The zero-order valence-electron chi connectivity index (χ0n) is 17.7. The Morgan fingerprint density at radius 3 is 2.10 bits per heavy atom. The van der Waals surface area contributed by atoms with Crippen LogP contribution >= 0.6 is 0 Å². The Kier molecular flexibility index (Phi) is 9.30. The number of benzene rings is 1. The molecule has 1 aliphatic rings. The molecule has 0 unspecified atom stereocenters. The number of carbonyl (C=O) groups is 3. The fourth-order valence-corrected chi connectivity index (χ4v) is 5.57. The van der Waals surface area contributed by atoms with Crippen LogP contribution in [0.3, 0.4) is 0 Å². The van der Waals surface area contributed by atoms with Gasteiger partial charge in [0.15, 0.2) is 0 Å². The molecule has 1 aromatic rings. The first-order valence-corrected chi connectivity index (χ1v) is 11.5. The Labute approximate surface area is 182 Å². The van der Waals surface area contributed by atoms with Crippen LogP contribution in [0.1, 0.15) is 34.6 Å². The van der Waals surface area contributed by atoms with E-state index in [0.29, 0.717) is 0 Å². The number of hydrogen-bond donors (Lipinski definition) is 0. The van der Waals surface area contributed by atoms with E-state index in [1.54, 1.807) is 0 Å². The van der Waals surface area contributed by atoms with Gasteiger partial charge in [0.1, 0.15) is 0 Å². The SMILES string of the molecule is CC(=O)OC[C@H]1O[C@H](OC(C)C)[C@@H]([Se]c2ccccc2)[C@@H](OC(C)=O)[C@H]1OC(C)=O. The van der Waals surface area contributed by atoms with Crippen LogP contribution in [-0.2, 0) is 38.1 Å². The first kappa shape index (κ1) is 24.3. The molecular weight excluding hydrogens is 459 g/mol. The van der Waals surface area contributed by atoms with Gasteiger partial charge in [-0.1, -0.05) is 0 Å². The van der Waals surface area contributed by atoms with Crippen molar-refractivity contribution in [2.24, 2.45) is 0 Å². The second-order valence-corrected chi connectivity index (χ2v) is 9.70. The quantitative estimate of drug-likeness (QED) is 0.308. The van der Waals surface area contributed by atoms with Crippen molar-refractivity contribution in [3.8, 4) is 0 Å². The summed E-state index contributed by atoms with van der Waals surface area (Å²) >= 11 is -0.230. The van der Waals surface area contributed by atoms with Crippen LogP contribution in [0.25, 0.3) is 0 Å². The predicted molar refractivity (Wildman–Crippen MR) is 108 cm³/mol. The van der Waals surface area contributed by atoms with Crippen LogP contribution in [-0.4, -0.2) is 70.2 Å². The number of hydrogen-bond acceptors (Lipinski definition) is 8. The third-order valence-corrected chi connectivity index (χ3v) is 6.81. The van der Waals surface area contributed by atoms with Crippen molar-refractivity contribution >= 4 is 37.3 Å². The Balaban J connectivity index is 2.42. The van der Waals surface area contributed by atoms with Gasteiger partial charge in [-0.2, -0.15) is 0 Å². The van der Waals surface area contributed by atoms with Gasteiger partial charge in [0.25, 0.3) is 0 Å². The summed E-state index contributed by atoms with van der Waals surface area (Å²) in [5.41, 5.74) is 0. The summed E-state index contributed by atoms with van der Waals surface area (Å²) in [5, 5.41) is 0. The molecule has 30 heavy (non-hydrogen) atoms. The van der Waals surface area contributed by atoms with Gasteiger partial charge in [0.2, 0.25) is 0 Å².